The van der Waals surface area contributed by atoms with Crippen LogP contribution in [-0.2, 0) is 9.53 Å². The molecule has 1 heterocycles. The van der Waals surface area contributed by atoms with Crippen molar-refractivity contribution >= 4 is 5.97 Å². The SMILES string of the molecule is O=C(O)CNC1CCOC1C1CC1. The van der Waals surface area contributed by atoms with E-state index in [1.54, 1.807) is 0 Å². The molecule has 1 aliphatic heterocycles. The minimum Gasteiger partial charge on any atom is -0.480 e. The molecule has 0 spiro atoms. The monoisotopic (exact) mass is 185 g/mol. The van der Waals surface area contributed by atoms with Crippen molar-refractivity contribution in [1.82, 2.24) is 5.32 Å². The smallest absolute Gasteiger partial charge is 0.317 e. The lowest BCUT2D eigenvalue weighted by atomic mass is 10.1. The normalized spacial score (nSPS) is 33.5. The van der Waals surface area contributed by atoms with Crippen LogP contribution in [0.1, 0.15) is 19.3 Å². The van der Waals surface area contributed by atoms with Crippen LogP contribution in [0.3, 0.4) is 0 Å². The van der Waals surface area contributed by atoms with Crippen LogP contribution >= 0.6 is 0 Å². The second-order valence-corrected chi connectivity index (χ2v) is 3.84. The van der Waals surface area contributed by atoms with Gasteiger partial charge in [-0.15, -0.1) is 0 Å². The van der Waals surface area contributed by atoms with Gasteiger partial charge in [0, 0.05) is 12.6 Å². The lowest BCUT2D eigenvalue weighted by molar-refractivity contribution is -0.136. The molecule has 2 unspecified atom stereocenters. The first-order valence-corrected chi connectivity index (χ1v) is 4.84. The van der Waals surface area contributed by atoms with Crippen LogP contribution in [0.5, 0.6) is 0 Å². The van der Waals surface area contributed by atoms with Crippen molar-refractivity contribution in [3.05, 3.63) is 0 Å². The lowest BCUT2D eigenvalue weighted by Crippen LogP contribution is -2.40. The van der Waals surface area contributed by atoms with Gasteiger partial charge in [-0.25, -0.2) is 0 Å². The van der Waals surface area contributed by atoms with E-state index in [0.717, 1.165) is 13.0 Å². The molecule has 1 saturated carbocycles. The van der Waals surface area contributed by atoms with Gasteiger partial charge in [0.2, 0.25) is 0 Å². The Labute approximate surface area is 77.3 Å². The summed E-state index contributed by atoms with van der Waals surface area (Å²) in [4.78, 5) is 10.3. The van der Waals surface area contributed by atoms with Crippen molar-refractivity contribution in [2.24, 2.45) is 5.92 Å². The number of hydrogen-bond acceptors (Lipinski definition) is 3. The fourth-order valence-corrected chi connectivity index (χ4v) is 1.94. The maximum absolute atomic E-state index is 10.3. The van der Waals surface area contributed by atoms with Crippen molar-refractivity contribution in [3.8, 4) is 0 Å². The topological polar surface area (TPSA) is 58.6 Å². The van der Waals surface area contributed by atoms with Gasteiger partial charge in [0.1, 0.15) is 0 Å². The Balaban J connectivity index is 1.79. The quantitative estimate of drug-likeness (QED) is 0.658. The molecule has 4 heteroatoms. The minimum atomic E-state index is -0.790. The van der Waals surface area contributed by atoms with Crippen LogP contribution in [0.4, 0.5) is 0 Å². The van der Waals surface area contributed by atoms with E-state index in [0.29, 0.717) is 5.92 Å². The molecule has 2 atom stereocenters. The largest absolute Gasteiger partial charge is 0.480 e. The number of nitrogens with one attached hydrogen (secondary N) is 1. The Morgan fingerprint density at radius 3 is 2.85 bits per heavy atom. The molecule has 2 fully saturated rings. The average Bonchev–Trinajstić information content (AvgIpc) is 2.82. The summed E-state index contributed by atoms with van der Waals surface area (Å²) in [5, 5.41) is 11.5. The van der Waals surface area contributed by atoms with E-state index >= 15 is 0 Å². The van der Waals surface area contributed by atoms with Crippen molar-refractivity contribution < 1.29 is 14.6 Å². The summed E-state index contributed by atoms with van der Waals surface area (Å²) in [5.74, 6) is -0.102. The molecule has 1 saturated heterocycles. The van der Waals surface area contributed by atoms with Gasteiger partial charge in [0.05, 0.1) is 12.6 Å². The van der Waals surface area contributed by atoms with Gasteiger partial charge >= 0.3 is 5.97 Å². The van der Waals surface area contributed by atoms with Crippen LogP contribution in [0.15, 0.2) is 0 Å². The summed E-state index contributed by atoms with van der Waals surface area (Å²) in [6.07, 6.45) is 3.72. The second-order valence-electron chi connectivity index (χ2n) is 3.84. The maximum atomic E-state index is 10.3. The number of ether oxygens (including phenoxy) is 1. The van der Waals surface area contributed by atoms with Gasteiger partial charge in [-0.05, 0) is 25.2 Å². The molecule has 2 N–H and O–H groups in total. The van der Waals surface area contributed by atoms with Crippen molar-refractivity contribution in [3.63, 3.8) is 0 Å². The van der Waals surface area contributed by atoms with Crippen LogP contribution in [0, 0.1) is 5.92 Å². The van der Waals surface area contributed by atoms with E-state index in [4.69, 9.17) is 9.84 Å². The van der Waals surface area contributed by atoms with Gasteiger partial charge in [-0.2, -0.15) is 0 Å². The number of carboxylic acid groups (broad SMARTS) is 1. The molecular weight excluding hydrogens is 170 g/mol. The number of rotatable bonds is 4. The molecule has 1 aliphatic carbocycles. The standard InChI is InChI=1S/C9H15NO3/c11-8(12)5-10-7-3-4-13-9(7)6-1-2-6/h6-7,9-10H,1-5H2,(H,11,12). The van der Waals surface area contributed by atoms with Gasteiger partial charge in [0.15, 0.2) is 0 Å². The zero-order valence-corrected chi connectivity index (χ0v) is 7.53. The molecule has 74 valence electrons. The highest BCUT2D eigenvalue weighted by molar-refractivity contribution is 5.69. The summed E-state index contributed by atoms with van der Waals surface area (Å²) in [6.45, 7) is 0.829. The third-order valence-corrected chi connectivity index (χ3v) is 2.74. The molecule has 0 aromatic carbocycles. The molecule has 0 aromatic heterocycles. The highest BCUT2D eigenvalue weighted by Gasteiger charge is 2.40. The first kappa shape index (κ1) is 8.97. The van der Waals surface area contributed by atoms with Gasteiger partial charge in [-0.3, -0.25) is 4.79 Å². The predicted molar refractivity (Wildman–Crippen MR) is 46.5 cm³/mol. The van der Waals surface area contributed by atoms with E-state index in [2.05, 4.69) is 5.32 Å². The predicted octanol–water partition coefficient (Wildman–Crippen LogP) is 0.228. The van der Waals surface area contributed by atoms with Crippen LogP contribution in [0.25, 0.3) is 0 Å². The highest BCUT2D eigenvalue weighted by Crippen LogP contribution is 2.38. The van der Waals surface area contributed by atoms with Crippen LogP contribution in [0.2, 0.25) is 0 Å². The summed E-state index contributed by atoms with van der Waals surface area (Å²) < 4.78 is 5.57. The lowest BCUT2D eigenvalue weighted by Gasteiger charge is -2.18. The number of carboxylic acids is 1. The Morgan fingerprint density at radius 1 is 1.46 bits per heavy atom. The van der Waals surface area contributed by atoms with Crippen LogP contribution in [-0.4, -0.2) is 36.4 Å². The molecule has 0 amide bonds. The molecule has 4 nitrogen and oxygen atoms in total. The third-order valence-electron chi connectivity index (χ3n) is 2.74. The van der Waals surface area contributed by atoms with Crippen molar-refractivity contribution in [2.45, 2.75) is 31.4 Å². The first-order valence-electron chi connectivity index (χ1n) is 4.84. The summed E-state index contributed by atoms with van der Waals surface area (Å²) in [7, 11) is 0. The fraction of sp³-hybridized carbons (Fsp3) is 0.889. The van der Waals surface area contributed by atoms with Gasteiger partial charge in [-0.1, -0.05) is 0 Å². The summed E-state index contributed by atoms with van der Waals surface area (Å²) >= 11 is 0. The number of hydrogen-bond donors (Lipinski definition) is 2. The van der Waals surface area contributed by atoms with E-state index in [-0.39, 0.29) is 18.7 Å². The Kier molecular flexibility index (Phi) is 2.51. The first-order chi connectivity index (χ1) is 6.27. The van der Waals surface area contributed by atoms with Crippen LogP contribution < -0.4 is 5.32 Å². The zero-order chi connectivity index (χ0) is 9.26. The minimum absolute atomic E-state index is 0.0528. The van der Waals surface area contributed by atoms with E-state index in [1.807, 2.05) is 0 Å². The molecule has 0 aromatic rings. The molecule has 0 radical (unpaired) electrons. The molecule has 0 bridgehead atoms. The summed E-state index contributed by atoms with van der Waals surface area (Å²) in [6, 6.07) is 0.267. The fourth-order valence-electron chi connectivity index (χ4n) is 1.94. The maximum Gasteiger partial charge on any atom is 0.317 e. The summed E-state index contributed by atoms with van der Waals surface area (Å²) in [5.41, 5.74) is 0. The average molecular weight is 185 g/mol. The Bertz CT molecular complexity index is 203. The van der Waals surface area contributed by atoms with Gasteiger partial charge in [0.25, 0.3) is 0 Å². The van der Waals surface area contributed by atoms with E-state index in [1.165, 1.54) is 12.8 Å². The second kappa shape index (κ2) is 3.64. The number of aliphatic carboxylic acids is 1. The molecule has 13 heavy (non-hydrogen) atoms. The van der Waals surface area contributed by atoms with Crippen molar-refractivity contribution in [1.29, 1.82) is 0 Å². The van der Waals surface area contributed by atoms with E-state index in [9.17, 15) is 4.79 Å². The number of carbonyl (C=O) groups is 1. The Morgan fingerprint density at radius 2 is 2.23 bits per heavy atom. The van der Waals surface area contributed by atoms with E-state index < -0.39 is 5.97 Å². The Hall–Kier alpha value is -0.610. The highest BCUT2D eigenvalue weighted by atomic mass is 16.5. The molecule has 2 rings (SSSR count). The van der Waals surface area contributed by atoms with Crippen molar-refractivity contribution in [2.75, 3.05) is 13.2 Å². The van der Waals surface area contributed by atoms with Gasteiger partial charge < -0.3 is 15.2 Å². The third kappa shape index (κ3) is 2.19. The zero-order valence-electron chi connectivity index (χ0n) is 7.53. The molecule has 2 aliphatic rings. The molecular formula is C9H15NO3.